The molecule has 0 saturated heterocycles. The van der Waals surface area contributed by atoms with E-state index >= 15 is 0 Å². The Morgan fingerprint density at radius 2 is 1.95 bits per heavy atom. The zero-order chi connectivity index (χ0) is 25.3. The van der Waals surface area contributed by atoms with Crippen LogP contribution in [0.2, 0.25) is 0 Å². The van der Waals surface area contributed by atoms with Gasteiger partial charge >= 0.3 is 5.97 Å². The van der Waals surface area contributed by atoms with E-state index in [-0.39, 0.29) is 17.9 Å². The lowest BCUT2D eigenvalue weighted by atomic mass is 9.61. The summed E-state index contributed by atoms with van der Waals surface area (Å²) in [5.41, 5.74) is 3.72. The van der Waals surface area contributed by atoms with Crippen LogP contribution in [-0.2, 0) is 11.8 Å². The molecule has 0 radical (unpaired) electrons. The maximum atomic E-state index is 14.1. The third-order valence-electron chi connectivity index (χ3n) is 8.05. The number of halogens is 1. The Labute approximate surface area is 210 Å². The number of nitrogens with one attached hydrogen (secondary N) is 2. The second-order valence-electron chi connectivity index (χ2n) is 10.2. The van der Waals surface area contributed by atoms with Crippen LogP contribution in [0.1, 0.15) is 25.7 Å². The highest BCUT2D eigenvalue weighted by Gasteiger charge is 2.47. The van der Waals surface area contributed by atoms with E-state index in [4.69, 9.17) is 10.1 Å². The molecule has 5 heterocycles. The van der Waals surface area contributed by atoms with Crippen LogP contribution in [0.15, 0.2) is 43.1 Å². The van der Waals surface area contributed by atoms with Gasteiger partial charge in [0.05, 0.1) is 18.3 Å². The third kappa shape index (κ3) is 3.56. The maximum Gasteiger partial charge on any atom is 0.308 e. The van der Waals surface area contributed by atoms with E-state index in [1.54, 1.807) is 21.6 Å². The van der Waals surface area contributed by atoms with E-state index in [9.17, 15) is 14.3 Å². The number of carbonyl (C=O) groups is 1. The van der Waals surface area contributed by atoms with Crippen LogP contribution in [0, 0.1) is 23.6 Å². The van der Waals surface area contributed by atoms with Crippen molar-refractivity contribution in [3.63, 3.8) is 0 Å². The molecule has 3 N–H and O–H groups in total. The minimum Gasteiger partial charge on any atom is -0.481 e. The predicted molar refractivity (Wildman–Crippen MR) is 134 cm³/mol. The first-order valence-corrected chi connectivity index (χ1v) is 12.5. The van der Waals surface area contributed by atoms with Crippen molar-refractivity contribution >= 4 is 28.3 Å². The van der Waals surface area contributed by atoms with Crippen LogP contribution < -0.4 is 5.32 Å². The van der Waals surface area contributed by atoms with Crippen molar-refractivity contribution in [2.75, 3.05) is 5.32 Å². The molecule has 5 aromatic heterocycles. The second kappa shape index (κ2) is 8.12. The number of hydrogen-bond donors (Lipinski definition) is 3. The van der Waals surface area contributed by atoms with Crippen molar-refractivity contribution in [3.05, 3.63) is 48.9 Å². The number of aryl methyl sites for hydroxylation is 1. The van der Waals surface area contributed by atoms with Gasteiger partial charge in [0, 0.05) is 53.8 Å². The number of aromatic nitrogens is 7. The molecule has 0 unspecified atom stereocenters. The van der Waals surface area contributed by atoms with E-state index in [2.05, 4.69) is 20.4 Å². The summed E-state index contributed by atoms with van der Waals surface area (Å²) < 4.78 is 17.5. The maximum absolute atomic E-state index is 14.1. The second-order valence-corrected chi connectivity index (χ2v) is 10.2. The number of nitrogens with zero attached hydrogens (tertiary/aromatic N) is 6. The minimum atomic E-state index is -0.762. The number of rotatable bonds is 5. The van der Waals surface area contributed by atoms with Gasteiger partial charge < -0.3 is 15.4 Å². The Morgan fingerprint density at radius 3 is 2.70 bits per heavy atom. The molecule has 10 nitrogen and oxygen atoms in total. The Balaban J connectivity index is 1.39. The first kappa shape index (κ1) is 22.0. The molecular weight excluding hydrogens is 475 g/mol. The van der Waals surface area contributed by atoms with Crippen molar-refractivity contribution in [1.82, 2.24) is 34.3 Å². The summed E-state index contributed by atoms with van der Waals surface area (Å²) in [6.07, 6.45) is 12.4. The van der Waals surface area contributed by atoms with E-state index in [1.165, 1.54) is 6.07 Å². The van der Waals surface area contributed by atoms with E-state index in [0.29, 0.717) is 28.2 Å². The fourth-order valence-corrected chi connectivity index (χ4v) is 6.28. The predicted octanol–water partition coefficient (Wildman–Crippen LogP) is 4.11. The van der Waals surface area contributed by atoms with E-state index in [0.717, 1.165) is 48.5 Å². The van der Waals surface area contributed by atoms with Gasteiger partial charge in [0.15, 0.2) is 11.6 Å². The average molecular weight is 501 g/mol. The number of aromatic amines is 1. The van der Waals surface area contributed by atoms with Crippen LogP contribution >= 0.6 is 0 Å². The molecule has 0 aliphatic heterocycles. The number of carboxylic acid groups (broad SMARTS) is 1. The highest BCUT2D eigenvalue weighted by atomic mass is 19.1. The van der Waals surface area contributed by atoms with Crippen LogP contribution in [0.4, 0.5) is 10.2 Å². The summed E-state index contributed by atoms with van der Waals surface area (Å²) in [7, 11) is 1.86. The number of aliphatic carboxylic acids is 1. The first-order chi connectivity index (χ1) is 17.9. The molecule has 3 saturated carbocycles. The van der Waals surface area contributed by atoms with Crippen LogP contribution in [0.3, 0.4) is 0 Å². The monoisotopic (exact) mass is 500 g/mol. The zero-order valence-electron chi connectivity index (χ0n) is 20.1. The van der Waals surface area contributed by atoms with Crippen molar-refractivity contribution in [1.29, 1.82) is 0 Å². The highest BCUT2D eigenvalue weighted by molar-refractivity contribution is 5.92. The molecule has 11 heteroatoms. The number of hydrogen-bond acceptors (Lipinski definition) is 6. The van der Waals surface area contributed by atoms with Crippen LogP contribution in [0.5, 0.6) is 0 Å². The smallest absolute Gasteiger partial charge is 0.308 e. The number of H-pyrrole nitrogens is 1. The fraction of sp³-hybridized carbons (Fsp3) is 0.346. The molecule has 5 aromatic rings. The van der Waals surface area contributed by atoms with Crippen molar-refractivity contribution in [3.8, 4) is 22.5 Å². The summed E-state index contributed by atoms with van der Waals surface area (Å²) in [6.45, 7) is 0. The molecule has 188 valence electrons. The molecule has 2 bridgehead atoms. The van der Waals surface area contributed by atoms with Crippen molar-refractivity contribution < 1.29 is 14.3 Å². The molecule has 3 fully saturated rings. The van der Waals surface area contributed by atoms with Crippen LogP contribution in [-0.4, -0.2) is 51.5 Å². The zero-order valence-corrected chi connectivity index (χ0v) is 20.1. The van der Waals surface area contributed by atoms with Gasteiger partial charge in [-0.05, 0) is 49.7 Å². The van der Waals surface area contributed by atoms with Gasteiger partial charge in [0.2, 0.25) is 0 Å². The minimum absolute atomic E-state index is 0.165. The Morgan fingerprint density at radius 1 is 1.14 bits per heavy atom. The Bertz CT molecular complexity index is 1660. The third-order valence-corrected chi connectivity index (χ3v) is 8.05. The van der Waals surface area contributed by atoms with Crippen LogP contribution in [0.25, 0.3) is 39.1 Å². The molecule has 0 spiro atoms. The van der Waals surface area contributed by atoms with Gasteiger partial charge in [-0.2, -0.15) is 5.10 Å². The standard InChI is InChI=1S/C26H25FN8O2/c1-34-11-16(8-30-34)15-6-20-25(31-22-14-4-2-13(3-5-14)21(22)26(36)37)32-24(33-35(20)12-15)19-10-29-23-18(19)7-17(27)9-28-23/h6-14,21-22H,2-5H2,1H3,(H,28,29)(H,36,37)(H,31,32,33)/t13?,14?,21-,22-/m1/s1. The summed E-state index contributed by atoms with van der Waals surface area (Å²) >= 11 is 0. The SMILES string of the molecule is Cn1cc(-c2cc3c(N[C@@H]4C5CCC(CC5)[C@H]4C(=O)O)nc(-c4c[nH]c5ncc(F)cc45)nn3c2)cn1. The average Bonchev–Trinajstić information content (AvgIpc) is 3.62. The van der Waals surface area contributed by atoms with Crippen molar-refractivity contribution in [2.24, 2.45) is 24.8 Å². The van der Waals surface area contributed by atoms with Gasteiger partial charge in [-0.1, -0.05) is 0 Å². The van der Waals surface area contributed by atoms with E-state index < -0.39 is 17.7 Å². The Kier molecular flexibility index (Phi) is 4.82. The molecule has 3 aliphatic carbocycles. The number of anilines is 1. The number of carboxylic acids is 1. The normalized spacial score (nSPS) is 23.2. The van der Waals surface area contributed by atoms with Gasteiger partial charge in [-0.3, -0.25) is 9.48 Å². The molecule has 2 atom stereocenters. The number of pyridine rings is 1. The molecule has 0 aromatic carbocycles. The van der Waals surface area contributed by atoms with Crippen molar-refractivity contribution in [2.45, 2.75) is 31.7 Å². The molecular formula is C26H25FN8O2. The lowest BCUT2D eigenvalue weighted by Crippen LogP contribution is -2.51. The summed E-state index contributed by atoms with van der Waals surface area (Å²) in [5.74, 6) is -0.305. The molecule has 0 amide bonds. The lowest BCUT2D eigenvalue weighted by molar-refractivity contribution is -0.148. The molecule has 8 rings (SSSR count). The fourth-order valence-electron chi connectivity index (χ4n) is 6.28. The van der Waals surface area contributed by atoms with Gasteiger partial charge in [-0.25, -0.2) is 18.9 Å². The summed E-state index contributed by atoms with van der Waals surface area (Å²) in [6, 6.07) is 3.16. The Hall–Kier alpha value is -4.28. The summed E-state index contributed by atoms with van der Waals surface area (Å²) in [4.78, 5) is 24.4. The lowest BCUT2D eigenvalue weighted by Gasteiger charge is -2.47. The first-order valence-electron chi connectivity index (χ1n) is 12.5. The quantitative estimate of drug-likeness (QED) is 0.331. The van der Waals surface area contributed by atoms with Gasteiger partial charge in [-0.15, -0.1) is 5.10 Å². The topological polar surface area (TPSA) is 126 Å². The van der Waals surface area contributed by atoms with Gasteiger partial charge in [0.25, 0.3) is 0 Å². The van der Waals surface area contributed by atoms with Gasteiger partial charge in [0.1, 0.15) is 17.0 Å². The molecule has 3 aliphatic rings. The highest BCUT2D eigenvalue weighted by Crippen LogP contribution is 2.46. The summed E-state index contributed by atoms with van der Waals surface area (Å²) in [5, 5.41) is 23.2. The molecule has 37 heavy (non-hydrogen) atoms. The largest absolute Gasteiger partial charge is 0.481 e. The van der Waals surface area contributed by atoms with E-state index in [1.807, 2.05) is 25.5 Å². The number of fused-ring (bicyclic) bond motifs is 5.